The number of nitrogen functional groups attached to an aromatic ring is 1. The van der Waals surface area contributed by atoms with Gasteiger partial charge < -0.3 is 10.5 Å². The van der Waals surface area contributed by atoms with Crippen LogP contribution >= 0.6 is 0 Å². The van der Waals surface area contributed by atoms with Crippen LogP contribution in [0.25, 0.3) is 38.9 Å². The Morgan fingerprint density at radius 2 is 1.85 bits per heavy atom. The molecule has 2 aliphatic rings. The average molecular weight is 455 g/mol. The van der Waals surface area contributed by atoms with E-state index in [9.17, 15) is 0 Å². The number of benzene rings is 1. The third kappa shape index (κ3) is 3.19. The Kier molecular flexibility index (Phi) is 4.45. The van der Waals surface area contributed by atoms with Crippen LogP contribution in [0, 0.1) is 5.92 Å². The minimum absolute atomic E-state index is 0.302. The van der Waals surface area contributed by atoms with Gasteiger partial charge in [-0.15, -0.1) is 0 Å². The largest absolute Gasteiger partial charge is 0.382 e. The van der Waals surface area contributed by atoms with E-state index in [1.807, 2.05) is 16.9 Å². The summed E-state index contributed by atoms with van der Waals surface area (Å²) in [6.07, 6.45) is 9.81. The van der Waals surface area contributed by atoms with Crippen LogP contribution in [0.15, 0.2) is 49.1 Å². The van der Waals surface area contributed by atoms with Gasteiger partial charge in [-0.3, -0.25) is 9.36 Å². The Labute approximate surface area is 196 Å². The van der Waals surface area contributed by atoms with Crippen LogP contribution in [-0.4, -0.2) is 47.4 Å². The molecule has 34 heavy (non-hydrogen) atoms. The monoisotopic (exact) mass is 454 g/mol. The summed E-state index contributed by atoms with van der Waals surface area (Å²) in [5.41, 5.74) is 12.4. The van der Waals surface area contributed by atoms with Gasteiger partial charge in [-0.1, -0.05) is 12.1 Å². The lowest BCUT2D eigenvalue weighted by Crippen LogP contribution is -2.21. The molecule has 4 aromatic heterocycles. The molecule has 0 bridgehead atoms. The van der Waals surface area contributed by atoms with E-state index in [1.54, 1.807) is 0 Å². The number of aromatic nitrogens is 7. The second-order valence-corrected chi connectivity index (χ2v) is 9.40. The molecule has 2 fully saturated rings. The fourth-order valence-electron chi connectivity index (χ4n) is 5.14. The summed E-state index contributed by atoms with van der Waals surface area (Å²) < 4.78 is 11.7. The van der Waals surface area contributed by atoms with Crippen molar-refractivity contribution in [2.45, 2.75) is 38.3 Å². The molecule has 1 aromatic carbocycles. The first-order valence-corrected chi connectivity index (χ1v) is 12.0. The van der Waals surface area contributed by atoms with Crippen LogP contribution in [0.3, 0.4) is 0 Å². The van der Waals surface area contributed by atoms with E-state index in [1.165, 1.54) is 19.2 Å². The molecule has 172 valence electrons. The van der Waals surface area contributed by atoms with E-state index < -0.39 is 0 Å². The Morgan fingerprint density at radius 3 is 2.71 bits per heavy atom. The first-order valence-electron chi connectivity index (χ1n) is 12.0. The topological polar surface area (TPSA) is 101 Å². The van der Waals surface area contributed by atoms with Gasteiger partial charge in [0.05, 0.1) is 29.1 Å². The summed E-state index contributed by atoms with van der Waals surface area (Å²) in [5, 5.41) is 15.1. The standard InChI is InChI=1S/C25H26N8O/c26-25-24-20(21-5-8-28-32(21)19-6-9-34-10-7-19)12-23(33(24)30-15-27-25)17-3-4-18-13-29-31(22(18)11-17)14-16-1-2-16/h3-5,8,11-13,15-16,19H,1-2,6-7,9-10,14H2,(H2,26,27,30). The van der Waals surface area contributed by atoms with E-state index in [-0.39, 0.29) is 0 Å². The second-order valence-electron chi connectivity index (χ2n) is 9.40. The molecule has 1 saturated carbocycles. The quantitative estimate of drug-likeness (QED) is 0.431. The van der Waals surface area contributed by atoms with Gasteiger partial charge in [0, 0.05) is 42.5 Å². The molecule has 0 spiro atoms. The van der Waals surface area contributed by atoms with Gasteiger partial charge in [-0.25, -0.2) is 9.50 Å². The van der Waals surface area contributed by atoms with Crippen molar-refractivity contribution in [2.24, 2.45) is 5.92 Å². The van der Waals surface area contributed by atoms with E-state index >= 15 is 0 Å². The van der Waals surface area contributed by atoms with E-state index in [4.69, 9.17) is 10.5 Å². The highest BCUT2D eigenvalue weighted by molar-refractivity contribution is 5.92. The van der Waals surface area contributed by atoms with Crippen LogP contribution < -0.4 is 5.73 Å². The molecule has 5 aromatic rings. The molecule has 0 atom stereocenters. The van der Waals surface area contributed by atoms with Gasteiger partial charge in [0.15, 0.2) is 5.82 Å². The van der Waals surface area contributed by atoms with Crippen molar-refractivity contribution in [3.8, 4) is 22.5 Å². The second kappa shape index (κ2) is 7.66. The number of nitrogens with two attached hydrogens (primary N) is 1. The molecular weight excluding hydrogens is 428 g/mol. The molecule has 1 aliphatic carbocycles. The highest BCUT2D eigenvalue weighted by Crippen LogP contribution is 2.38. The smallest absolute Gasteiger partial charge is 0.152 e. The summed E-state index contributed by atoms with van der Waals surface area (Å²) in [6, 6.07) is 11.0. The number of hydrogen-bond donors (Lipinski definition) is 1. The minimum Gasteiger partial charge on any atom is -0.382 e. The lowest BCUT2D eigenvalue weighted by Gasteiger charge is -2.24. The number of rotatable bonds is 5. The van der Waals surface area contributed by atoms with Gasteiger partial charge in [0.1, 0.15) is 11.8 Å². The molecule has 2 N–H and O–H groups in total. The molecule has 0 radical (unpaired) electrons. The number of ether oxygens (including phenoxy) is 1. The molecule has 7 rings (SSSR count). The van der Waals surface area contributed by atoms with Crippen molar-refractivity contribution >= 4 is 22.2 Å². The maximum Gasteiger partial charge on any atom is 0.152 e. The summed E-state index contributed by atoms with van der Waals surface area (Å²) >= 11 is 0. The predicted molar refractivity (Wildman–Crippen MR) is 129 cm³/mol. The summed E-state index contributed by atoms with van der Waals surface area (Å²) in [6.45, 7) is 2.49. The van der Waals surface area contributed by atoms with Gasteiger partial charge in [0.25, 0.3) is 0 Å². The zero-order valence-electron chi connectivity index (χ0n) is 18.8. The minimum atomic E-state index is 0.302. The highest BCUT2D eigenvalue weighted by atomic mass is 16.5. The van der Waals surface area contributed by atoms with Crippen molar-refractivity contribution in [1.82, 2.24) is 34.2 Å². The molecule has 5 heterocycles. The normalized spacial score (nSPS) is 17.2. The average Bonchev–Trinajstić information content (AvgIpc) is 3.24. The van der Waals surface area contributed by atoms with E-state index in [0.717, 1.165) is 77.5 Å². The third-order valence-corrected chi connectivity index (χ3v) is 7.13. The fourth-order valence-corrected chi connectivity index (χ4v) is 5.14. The van der Waals surface area contributed by atoms with Crippen LogP contribution in [0.1, 0.15) is 31.7 Å². The fraction of sp³-hybridized carbons (Fsp3) is 0.360. The third-order valence-electron chi connectivity index (χ3n) is 7.13. The van der Waals surface area contributed by atoms with Crippen LogP contribution in [0.2, 0.25) is 0 Å². The number of fused-ring (bicyclic) bond motifs is 2. The van der Waals surface area contributed by atoms with Crippen LogP contribution in [-0.2, 0) is 11.3 Å². The first kappa shape index (κ1) is 19.7. The van der Waals surface area contributed by atoms with Gasteiger partial charge in [-0.2, -0.15) is 15.3 Å². The first-order chi connectivity index (χ1) is 16.8. The lowest BCUT2D eigenvalue weighted by molar-refractivity contribution is 0.0667. The van der Waals surface area contributed by atoms with Crippen LogP contribution in [0.4, 0.5) is 5.82 Å². The van der Waals surface area contributed by atoms with E-state index in [0.29, 0.717) is 11.9 Å². The summed E-state index contributed by atoms with van der Waals surface area (Å²) in [7, 11) is 0. The number of hydrogen-bond acceptors (Lipinski definition) is 6. The van der Waals surface area contributed by atoms with Gasteiger partial charge in [0.2, 0.25) is 0 Å². The molecule has 1 saturated heterocycles. The molecule has 0 amide bonds. The Bertz CT molecular complexity index is 1500. The summed E-state index contributed by atoms with van der Waals surface area (Å²) in [4.78, 5) is 4.30. The lowest BCUT2D eigenvalue weighted by atomic mass is 10.1. The zero-order chi connectivity index (χ0) is 22.6. The van der Waals surface area contributed by atoms with Gasteiger partial charge >= 0.3 is 0 Å². The zero-order valence-corrected chi connectivity index (χ0v) is 18.8. The Morgan fingerprint density at radius 1 is 0.971 bits per heavy atom. The van der Waals surface area contributed by atoms with Crippen molar-refractivity contribution in [2.75, 3.05) is 18.9 Å². The molecule has 0 unspecified atom stereocenters. The Hall–Kier alpha value is -3.72. The molecular formula is C25H26N8O. The summed E-state index contributed by atoms with van der Waals surface area (Å²) in [5.74, 6) is 1.21. The number of anilines is 1. The maximum atomic E-state index is 6.41. The number of nitrogens with zero attached hydrogens (tertiary/aromatic N) is 7. The SMILES string of the molecule is Nc1ncnn2c(-c3ccc4cnn(CC5CC5)c4c3)cc(-c3ccnn3C3CCOCC3)c12. The van der Waals surface area contributed by atoms with Crippen LogP contribution in [0.5, 0.6) is 0 Å². The molecule has 9 nitrogen and oxygen atoms in total. The van der Waals surface area contributed by atoms with Crippen molar-refractivity contribution in [3.05, 3.63) is 49.1 Å². The molecule has 9 heteroatoms. The van der Waals surface area contributed by atoms with Crippen molar-refractivity contribution < 1.29 is 4.74 Å². The van der Waals surface area contributed by atoms with Crippen molar-refractivity contribution in [3.63, 3.8) is 0 Å². The van der Waals surface area contributed by atoms with Gasteiger partial charge in [-0.05, 0) is 49.8 Å². The predicted octanol–water partition coefficient (Wildman–Crippen LogP) is 3.95. The Balaban J connectivity index is 1.39. The van der Waals surface area contributed by atoms with E-state index in [2.05, 4.69) is 60.0 Å². The maximum absolute atomic E-state index is 6.41. The molecule has 1 aliphatic heterocycles. The highest BCUT2D eigenvalue weighted by Gasteiger charge is 2.25. The van der Waals surface area contributed by atoms with Crippen molar-refractivity contribution in [1.29, 1.82) is 0 Å².